The van der Waals surface area contributed by atoms with E-state index in [1.54, 1.807) is 26.2 Å². The van der Waals surface area contributed by atoms with Gasteiger partial charge < -0.3 is 15.0 Å². The monoisotopic (exact) mass is 521 g/mol. The lowest BCUT2D eigenvalue weighted by atomic mass is 10.1. The standard InChI is InChI=1S/C26H36FN3O5S/c1-19(2)17-28-26(32)20(3)29(18-21-8-6-9-24(16-21)35-4)25(31)10-7-15-30(36(5,33)34)23-13-11-22(27)12-14-23/h6,8-9,11-14,16,19-20H,7,10,15,17-18H2,1-5H3,(H,28,32). The molecule has 2 aromatic carbocycles. The normalized spacial score (nSPS) is 12.2. The minimum Gasteiger partial charge on any atom is -0.497 e. The molecule has 0 radical (unpaired) electrons. The van der Waals surface area contributed by atoms with Gasteiger partial charge in [-0.15, -0.1) is 0 Å². The summed E-state index contributed by atoms with van der Waals surface area (Å²) in [4.78, 5) is 27.6. The molecule has 198 valence electrons. The molecule has 36 heavy (non-hydrogen) atoms. The summed E-state index contributed by atoms with van der Waals surface area (Å²) in [6.07, 6.45) is 1.31. The lowest BCUT2D eigenvalue weighted by molar-refractivity contribution is -0.140. The molecule has 0 aromatic heterocycles. The van der Waals surface area contributed by atoms with Gasteiger partial charge in [-0.3, -0.25) is 13.9 Å². The third-order valence-corrected chi connectivity index (χ3v) is 6.80. The maximum Gasteiger partial charge on any atom is 0.242 e. The molecule has 0 saturated heterocycles. The Hall–Kier alpha value is -3.14. The summed E-state index contributed by atoms with van der Waals surface area (Å²) >= 11 is 0. The summed E-state index contributed by atoms with van der Waals surface area (Å²) in [7, 11) is -2.09. The van der Waals surface area contributed by atoms with Gasteiger partial charge in [0.25, 0.3) is 0 Å². The first kappa shape index (κ1) is 29.1. The number of ether oxygens (including phenoxy) is 1. The number of nitrogens with zero attached hydrogens (tertiary/aromatic N) is 2. The van der Waals surface area contributed by atoms with Crippen molar-refractivity contribution >= 4 is 27.5 Å². The molecular weight excluding hydrogens is 485 g/mol. The summed E-state index contributed by atoms with van der Waals surface area (Å²) in [6, 6.07) is 11.7. The fourth-order valence-corrected chi connectivity index (χ4v) is 4.58. The van der Waals surface area contributed by atoms with Crippen molar-refractivity contribution in [2.45, 2.75) is 46.2 Å². The molecule has 0 aliphatic carbocycles. The minimum atomic E-state index is -3.64. The molecule has 0 aliphatic heterocycles. The number of methoxy groups -OCH3 is 1. The smallest absolute Gasteiger partial charge is 0.242 e. The van der Waals surface area contributed by atoms with Gasteiger partial charge in [-0.2, -0.15) is 0 Å². The molecule has 1 unspecified atom stereocenters. The van der Waals surface area contributed by atoms with Crippen LogP contribution in [0.5, 0.6) is 5.75 Å². The van der Waals surface area contributed by atoms with Gasteiger partial charge in [-0.05, 0) is 61.2 Å². The summed E-state index contributed by atoms with van der Waals surface area (Å²) in [6.45, 7) is 6.37. The summed E-state index contributed by atoms with van der Waals surface area (Å²) in [5, 5.41) is 2.87. The second kappa shape index (κ2) is 13.2. The van der Waals surface area contributed by atoms with Gasteiger partial charge in [0.2, 0.25) is 21.8 Å². The Kier molecular flexibility index (Phi) is 10.7. The lowest BCUT2D eigenvalue weighted by Gasteiger charge is -2.29. The number of amides is 2. The van der Waals surface area contributed by atoms with E-state index in [0.717, 1.165) is 16.1 Å². The van der Waals surface area contributed by atoms with Crippen molar-refractivity contribution in [1.82, 2.24) is 10.2 Å². The van der Waals surface area contributed by atoms with Crippen LogP contribution in [0.15, 0.2) is 48.5 Å². The van der Waals surface area contributed by atoms with E-state index < -0.39 is 21.9 Å². The Morgan fingerprint density at radius 2 is 1.75 bits per heavy atom. The van der Waals surface area contributed by atoms with Gasteiger partial charge in [0, 0.05) is 26.1 Å². The topological polar surface area (TPSA) is 96.0 Å². The van der Waals surface area contributed by atoms with E-state index in [2.05, 4.69) is 5.32 Å². The number of sulfonamides is 1. The summed E-state index contributed by atoms with van der Waals surface area (Å²) < 4.78 is 44.4. The van der Waals surface area contributed by atoms with Gasteiger partial charge in [0.05, 0.1) is 19.1 Å². The quantitative estimate of drug-likeness (QED) is 0.435. The average Bonchev–Trinajstić information content (AvgIpc) is 2.83. The maximum absolute atomic E-state index is 13.3. The van der Waals surface area contributed by atoms with Crippen LogP contribution in [0.4, 0.5) is 10.1 Å². The SMILES string of the molecule is COc1cccc(CN(C(=O)CCCN(c2ccc(F)cc2)S(C)(=O)=O)C(C)C(=O)NCC(C)C)c1. The van der Waals surface area contributed by atoms with Gasteiger partial charge >= 0.3 is 0 Å². The zero-order valence-electron chi connectivity index (χ0n) is 21.5. The number of rotatable bonds is 13. The number of anilines is 1. The molecule has 0 aliphatic rings. The Morgan fingerprint density at radius 3 is 2.33 bits per heavy atom. The number of carbonyl (C=O) groups is 2. The molecule has 8 nitrogen and oxygen atoms in total. The van der Waals surface area contributed by atoms with Crippen molar-refractivity contribution in [3.8, 4) is 5.75 Å². The highest BCUT2D eigenvalue weighted by atomic mass is 32.2. The molecule has 0 heterocycles. The molecule has 0 saturated carbocycles. The highest BCUT2D eigenvalue weighted by molar-refractivity contribution is 7.92. The van der Waals surface area contributed by atoms with Crippen molar-refractivity contribution < 1.29 is 27.1 Å². The largest absolute Gasteiger partial charge is 0.497 e. The van der Waals surface area contributed by atoms with E-state index in [0.29, 0.717) is 18.0 Å². The van der Waals surface area contributed by atoms with Crippen LogP contribution < -0.4 is 14.4 Å². The Balaban J connectivity index is 2.17. The summed E-state index contributed by atoms with van der Waals surface area (Å²) in [5.74, 6) is -0.112. The molecule has 10 heteroatoms. The van der Waals surface area contributed by atoms with Crippen LogP contribution in [0, 0.1) is 11.7 Å². The summed E-state index contributed by atoms with van der Waals surface area (Å²) in [5.41, 5.74) is 1.12. The highest BCUT2D eigenvalue weighted by Gasteiger charge is 2.27. The van der Waals surface area contributed by atoms with Crippen LogP contribution in [-0.2, 0) is 26.2 Å². The fraction of sp³-hybridized carbons (Fsp3) is 0.462. The average molecular weight is 522 g/mol. The molecular formula is C26H36FN3O5S. The zero-order chi connectivity index (χ0) is 26.9. The number of hydrogen-bond acceptors (Lipinski definition) is 5. The van der Waals surface area contributed by atoms with Crippen LogP contribution in [-0.4, -0.2) is 57.6 Å². The fourth-order valence-electron chi connectivity index (χ4n) is 3.61. The Labute approximate surface area is 213 Å². The predicted molar refractivity (Wildman–Crippen MR) is 139 cm³/mol. The Bertz CT molecular complexity index is 1120. The van der Waals surface area contributed by atoms with Crippen LogP contribution in [0.2, 0.25) is 0 Å². The molecule has 2 amide bonds. The second-order valence-electron chi connectivity index (χ2n) is 9.10. The van der Waals surface area contributed by atoms with Crippen molar-refractivity contribution in [3.05, 3.63) is 59.9 Å². The molecule has 1 atom stereocenters. The van der Waals surface area contributed by atoms with Gasteiger partial charge in [-0.1, -0.05) is 26.0 Å². The van der Waals surface area contributed by atoms with Gasteiger partial charge in [0.1, 0.15) is 17.6 Å². The van der Waals surface area contributed by atoms with Crippen molar-refractivity contribution in [1.29, 1.82) is 0 Å². The molecule has 2 rings (SSSR count). The van der Waals surface area contributed by atoms with E-state index in [1.165, 1.54) is 29.2 Å². The van der Waals surface area contributed by atoms with Crippen LogP contribution in [0.25, 0.3) is 0 Å². The van der Waals surface area contributed by atoms with E-state index in [4.69, 9.17) is 4.74 Å². The van der Waals surface area contributed by atoms with Gasteiger partial charge in [0.15, 0.2) is 0 Å². The highest BCUT2D eigenvalue weighted by Crippen LogP contribution is 2.20. The van der Waals surface area contributed by atoms with Crippen LogP contribution >= 0.6 is 0 Å². The van der Waals surface area contributed by atoms with Crippen molar-refractivity contribution in [2.75, 3.05) is 30.8 Å². The number of hydrogen-bond donors (Lipinski definition) is 1. The molecule has 0 bridgehead atoms. The molecule has 1 N–H and O–H groups in total. The first-order chi connectivity index (χ1) is 16.9. The van der Waals surface area contributed by atoms with E-state index in [-0.39, 0.29) is 43.7 Å². The first-order valence-electron chi connectivity index (χ1n) is 11.9. The van der Waals surface area contributed by atoms with Crippen molar-refractivity contribution in [3.63, 3.8) is 0 Å². The third kappa shape index (κ3) is 8.82. The van der Waals surface area contributed by atoms with E-state index in [1.807, 2.05) is 26.0 Å². The number of benzene rings is 2. The predicted octanol–water partition coefficient (Wildman–Crippen LogP) is 3.57. The second-order valence-corrected chi connectivity index (χ2v) is 11.0. The van der Waals surface area contributed by atoms with Crippen molar-refractivity contribution in [2.24, 2.45) is 5.92 Å². The number of carbonyl (C=O) groups excluding carboxylic acids is 2. The molecule has 0 spiro atoms. The minimum absolute atomic E-state index is 0.0268. The number of halogens is 1. The Morgan fingerprint density at radius 1 is 1.08 bits per heavy atom. The van der Waals surface area contributed by atoms with E-state index >= 15 is 0 Å². The number of nitrogens with one attached hydrogen (secondary N) is 1. The zero-order valence-corrected chi connectivity index (χ0v) is 22.3. The van der Waals surface area contributed by atoms with Gasteiger partial charge in [-0.25, -0.2) is 12.8 Å². The molecule has 0 fully saturated rings. The van der Waals surface area contributed by atoms with Crippen LogP contribution in [0.3, 0.4) is 0 Å². The first-order valence-corrected chi connectivity index (χ1v) is 13.7. The third-order valence-electron chi connectivity index (χ3n) is 5.61. The van der Waals surface area contributed by atoms with E-state index in [9.17, 15) is 22.4 Å². The molecule has 2 aromatic rings. The maximum atomic E-state index is 13.3. The lowest BCUT2D eigenvalue weighted by Crippen LogP contribution is -2.48. The van der Waals surface area contributed by atoms with Crippen LogP contribution in [0.1, 0.15) is 39.2 Å².